The maximum atomic E-state index is 13.4. The number of amidine groups is 1. The maximum Gasteiger partial charge on any atom is 0.271 e. The number of para-hydroxylation sites is 2. The number of morpholine rings is 1. The van der Waals surface area contributed by atoms with Crippen LogP contribution in [0.2, 0.25) is 0 Å². The first kappa shape index (κ1) is 20.5. The lowest BCUT2D eigenvalue weighted by Gasteiger charge is -2.28. The number of aliphatic imine (C=N–C) groups is 1. The number of ether oxygens (including phenoxy) is 1. The highest BCUT2D eigenvalue weighted by atomic mass is 32.2. The zero-order valence-corrected chi connectivity index (χ0v) is 18.4. The van der Waals surface area contributed by atoms with E-state index in [9.17, 15) is 4.79 Å². The van der Waals surface area contributed by atoms with Crippen LogP contribution in [0.5, 0.6) is 0 Å². The molecule has 2 fully saturated rings. The predicted octanol–water partition coefficient (Wildman–Crippen LogP) is 5.33. The van der Waals surface area contributed by atoms with Crippen LogP contribution in [-0.4, -0.2) is 37.4 Å². The molecule has 0 aromatic heterocycles. The van der Waals surface area contributed by atoms with Crippen molar-refractivity contribution in [2.75, 3.05) is 36.1 Å². The van der Waals surface area contributed by atoms with E-state index in [0.717, 1.165) is 43.2 Å². The van der Waals surface area contributed by atoms with E-state index in [-0.39, 0.29) is 5.91 Å². The van der Waals surface area contributed by atoms with Crippen LogP contribution in [0.15, 0.2) is 94.8 Å². The summed E-state index contributed by atoms with van der Waals surface area (Å²) in [6.07, 6.45) is 1.94. The Labute approximate surface area is 192 Å². The van der Waals surface area contributed by atoms with Gasteiger partial charge in [0.1, 0.15) is 0 Å². The number of anilines is 2. The quantitative estimate of drug-likeness (QED) is 0.513. The first-order valence-corrected chi connectivity index (χ1v) is 11.5. The Morgan fingerprint density at radius 3 is 2.16 bits per heavy atom. The Hall–Kier alpha value is -3.35. The molecule has 6 heteroatoms. The highest BCUT2D eigenvalue weighted by Crippen LogP contribution is 2.37. The van der Waals surface area contributed by atoms with E-state index < -0.39 is 0 Å². The molecule has 2 aliphatic heterocycles. The van der Waals surface area contributed by atoms with Crippen molar-refractivity contribution in [1.82, 2.24) is 0 Å². The van der Waals surface area contributed by atoms with Crippen LogP contribution in [0, 0.1) is 0 Å². The molecule has 2 heterocycles. The zero-order chi connectivity index (χ0) is 21.8. The van der Waals surface area contributed by atoms with Gasteiger partial charge in [-0.1, -0.05) is 48.5 Å². The second kappa shape index (κ2) is 9.42. The second-order valence-electron chi connectivity index (χ2n) is 7.51. The maximum absolute atomic E-state index is 13.4. The fourth-order valence-electron chi connectivity index (χ4n) is 3.72. The van der Waals surface area contributed by atoms with E-state index in [2.05, 4.69) is 29.2 Å². The second-order valence-corrected chi connectivity index (χ2v) is 8.52. The lowest BCUT2D eigenvalue weighted by molar-refractivity contribution is -0.113. The van der Waals surface area contributed by atoms with E-state index >= 15 is 0 Å². The third kappa shape index (κ3) is 4.47. The van der Waals surface area contributed by atoms with Crippen molar-refractivity contribution in [2.45, 2.75) is 0 Å². The Morgan fingerprint density at radius 2 is 1.47 bits per heavy atom. The number of thioether (sulfide) groups is 1. The minimum Gasteiger partial charge on any atom is -0.378 e. The van der Waals surface area contributed by atoms with Gasteiger partial charge in [0.25, 0.3) is 5.91 Å². The van der Waals surface area contributed by atoms with Crippen LogP contribution in [0.4, 0.5) is 17.1 Å². The molecule has 0 atom stereocenters. The number of hydrogen-bond acceptors (Lipinski definition) is 5. The predicted molar refractivity (Wildman–Crippen MR) is 133 cm³/mol. The molecule has 32 heavy (non-hydrogen) atoms. The van der Waals surface area contributed by atoms with E-state index in [0.29, 0.717) is 10.1 Å². The van der Waals surface area contributed by atoms with Crippen LogP contribution in [0.25, 0.3) is 6.08 Å². The van der Waals surface area contributed by atoms with E-state index in [1.807, 2.05) is 66.7 Å². The van der Waals surface area contributed by atoms with Gasteiger partial charge >= 0.3 is 0 Å². The minimum atomic E-state index is -0.0619. The smallest absolute Gasteiger partial charge is 0.271 e. The van der Waals surface area contributed by atoms with Crippen molar-refractivity contribution in [3.8, 4) is 0 Å². The number of amides is 1. The number of carbonyl (C=O) groups excluding carboxylic acids is 1. The van der Waals surface area contributed by atoms with Crippen molar-refractivity contribution in [2.24, 2.45) is 4.99 Å². The lowest BCUT2D eigenvalue weighted by Crippen LogP contribution is -2.36. The summed E-state index contributed by atoms with van der Waals surface area (Å²) in [6, 6.07) is 27.7. The summed E-state index contributed by atoms with van der Waals surface area (Å²) in [7, 11) is 0. The zero-order valence-electron chi connectivity index (χ0n) is 17.6. The molecule has 160 valence electrons. The number of carbonyl (C=O) groups is 1. The van der Waals surface area contributed by atoms with Gasteiger partial charge in [0.2, 0.25) is 0 Å². The van der Waals surface area contributed by atoms with Crippen LogP contribution in [0.3, 0.4) is 0 Å². The van der Waals surface area contributed by atoms with Gasteiger partial charge in [-0.15, -0.1) is 0 Å². The standard InChI is InChI=1S/C26H23N3O2S/c30-25-24(19-20-11-13-22(14-12-20)28-15-17-31-18-16-28)32-26(27-21-7-3-1-4-8-21)29(25)23-9-5-2-6-10-23/h1-14,19H,15-18H2. The van der Waals surface area contributed by atoms with Crippen molar-refractivity contribution in [3.05, 3.63) is 95.4 Å². The molecular weight excluding hydrogens is 418 g/mol. The number of nitrogens with zero attached hydrogens (tertiary/aromatic N) is 3. The summed E-state index contributed by atoms with van der Waals surface area (Å²) in [6.45, 7) is 3.33. The molecule has 0 spiro atoms. The molecule has 0 aliphatic carbocycles. The topological polar surface area (TPSA) is 45.1 Å². The van der Waals surface area contributed by atoms with Crippen molar-refractivity contribution < 1.29 is 9.53 Å². The summed E-state index contributed by atoms with van der Waals surface area (Å²) in [4.78, 5) is 22.8. The first-order valence-electron chi connectivity index (χ1n) is 10.6. The molecular formula is C26H23N3O2S. The molecule has 5 rings (SSSR count). The van der Waals surface area contributed by atoms with Crippen LogP contribution >= 0.6 is 11.8 Å². The molecule has 2 aliphatic rings. The fraction of sp³-hybridized carbons (Fsp3) is 0.154. The molecule has 0 saturated carbocycles. The number of rotatable bonds is 4. The SMILES string of the molecule is O=C1C(=Cc2ccc(N3CCOCC3)cc2)SC(=Nc2ccccc2)N1c1ccccc1. The Bertz CT molecular complexity index is 1140. The van der Waals surface area contributed by atoms with Crippen molar-refractivity contribution in [1.29, 1.82) is 0 Å². The first-order chi connectivity index (χ1) is 15.8. The average Bonchev–Trinajstić information content (AvgIpc) is 3.15. The molecule has 0 radical (unpaired) electrons. The number of hydrogen-bond donors (Lipinski definition) is 0. The molecule has 3 aromatic carbocycles. The van der Waals surface area contributed by atoms with Gasteiger partial charge in [0, 0.05) is 18.8 Å². The molecule has 3 aromatic rings. The van der Waals surface area contributed by atoms with Gasteiger partial charge < -0.3 is 9.64 Å². The van der Waals surface area contributed by atoms with Crippen LogP contribution in [-0.2, 0) is 9.53 Å². The van der Waals surface area contributed by atoms with E-state index in [4.69, 9.17) is 9.73 Å². The Kier molecular flexibility index (Phi) is 6.05. The van der Waals surface area contributed by atoms with Crippen LogP contribution in [0.1, 0.15) is 5.56 Å². The molecule has 0 unspecified atom stereocenters. The Balaban J connectivity index is 1.44. The molecule has 5 nitrogen and oxygen atoms in total. The minimum absolute atomic E-state index is 0.0619. The largest absolute Gasteiger partial charge is 0.378 e. The third-order valence-electron chi connectivity index (χ3n) is 5.37. The summed E-state index contributed by atoms with van der Waals surface area (Å²) in [5.74, 6) is -0.0619. The summed E-state index contributed by atoms with van der Waals surface area (Å²) < 4.78 is 5.44. The highest BCUT2D eigenvalue weighted by Gasteiger charge is 2.34. The molecule has 1 amide bonds. The van der Waals surface area contributed by atoms with E-state index in [1.165, 1.54) is 17.4 Å². The third-order valence-corrected chi connectivity index (χ3v) is 6.34. The van der Waals surface area contributed by atoms with Crippen molar-refractivity contribution >= 4 is 46.0 Å². The summed E-state index contributed by atoms with van der Waals surface area (Å²) in [5.41, 5.74) is 3.80. The summed E-state index contributed by atoms with van der Waals surface area (Å²) >= 11 is 1.40. The molecule has 0 N–H and O–H groups in total. The number of benzene rings is 3. The van der Waals surface area contributed by atoms with Gasteiger partial charge in [-0.3, -0.25) is 9.69 Å². The monoisotopic (exact) mass is 441 g/mol. The molecule has 2 saturated heterocycles. The Morgan fingerprint density at radius 1 is 0.812 bits per heavy atom. The van der Waals surface area contributed by atoms with Crippen LogP contribution < -0.4 is 9.80 Å². The van der Waals surface area contributed by atoms with Gasteiger partial charge in [-0.2, -0.15) is 0 Å². The fourth-order valence-corrected chi connectivity index (χ4v) is 4.72. The highest BCUT2D eigenvalue weighted by molar-refractivity contribution is 8.19. The molecule has 0 bridgehead atoms. The van der Waals surface area contributed by atoms with Crippen molar-refractivity contribution in [3.63, 3.8) is 0 Å². The normalized spacial score (nSPS) is 19.2. The van der Waals surface area contributed by atoms with E-state index in [1.54, 1.807) is 4.90 Å². The average molecular weight is 442 g/mol. The summed E-state index contributed by atoms with van der Waals surface area (Å²) in [5, 5.41) is 0.656. The lowest BCUT2D eigenvalue weighted by atomic mass is 10.1. The van der Waals surface area contributed by atoms with Gasteiger partial charge in [-0.25, -0.2) is 4.99 Å². The van der Waals surface area contributed by atoms with Gasteiger partial charge in [0.15, 0.2) is 5.17 Å². The van der Waals surface area contributed by atoms with Gasteiger partial charge in [-0.05, 0) is 59.8 Å². The van der Waals surface area contributed by atoms with Gasteiger partial charge in [0.05, 0.1) is 29.5 Å².